The molecule has 2 aromatic carbocycles. The molecular weight excluding hydrogens is 368 g/mol. The Morgan fingerprint density at radius 3 is 2.63 bits per heavy atom. The highest BCUT2D eigenvalue weighted by molar-refractivity contribution is 7.14. The normalized spacial score (nSPS) is 10.7. The lowest BCUT2D eigenvalue weighted by molar-refractivity contribution is -0.384. The van der Waals surface area contributed by atoms with E-state index in [1.54, 1.807) is 5.38 Å². The monoisotopic (exact) mass is 380 g/mol. The number of furan rings is 1. The van der Waals surface area contributed by atoms with Gasteiger partial charge in [-0.1, -0.05) is 18.2 Å². The molecule has 0 aliphatic carbocycles. The van der Waals surface area contributed by atoms with Gasteiger partial charge >= 0.3 is 6.03 Å². The summed E-state index contributed by atoms with van der Waals surface area (Å²) < 4.78 is 5.76. The minimum Gasteiger partial charge on any atom is -0.454 e. The van der Waals surface area contributed by atoms with E-state index in [-0.39, 0.29) is 5.69 Å². The molecule has 0 atom stereocenters. The van der Waals surface area contributed by atoms with E-state index in [2.05, 4.69) is 15.6 Å². The molecule has 0 unspecified atom stereocenters. The molecule has 0 saturated carbocycles. The predicted molar refractivity (Wildman–Crippen MR) is 103 cm³/mol. The van der Waals surface area contributed by atoms with Gasteiger partial charge in [0.25, 0.3) is 5.69 Å². The average molecular weight is 380 g/mol. The van der Waals surface area contributed by atoms with E-state index in [9.17, 15) is 14.9 Å². The molecule has 8 nitrogen and oxygen atoms in total. The average Bonchev–Trinajstić information content (AvgIpc) is 3.28. The molecule has 0 radical (unpaired) electrons. The number of nitrogens with one attached hydrogen (secondary N) is 2. The van der Waals surface area contributed by atoms with Gasteiger partial charge in [-0.15, -0.1) is 11.3 Å². The van der Waals surface area contributed by atoms with Crippen molar-refractivity contribution >= 4 is 44.8 Å². The minimum atomic E-state index is -0.501. The van der Waals surface area contributed by atoms with Gasteiger partial charge in [-0.3, -0.25) is 15.4 Å². The number of carbonyl (C=O) groups excluding carboxylic acids is 1. The number of thiazole rings is 1. The van der Waals surface area contributed by atoms with Gasteiger partial charge in [0.15, 0.2) is 10.9 Å². The highest BCUT2D eigenvalue weighted by Gasteiger charge is 2.12. The molecule has 0 aliphatic rings. The number of nitrogens with zero attached hydrogens (tertiary/aromatic N) is 2. The zero-order valence-electron chi connectivity index (χ0n) is 13.7. The molecule has 4 rings (SSSR count). The number of non-ortho nitro benzene ring substituents is 1. The summed E-state index contributed by atoms with van der Waals surface area (Å²) in [5, 5.41) is 19.1. The van der Waals surface area contributed by atoms with E-state index >= 15 is 0 Å². The summed E-state index contributed by atoms with van der Waals surface area (Å²) >= 11 is 1.27. The van der Waals surface area contributed by atoms with Crippen LogP contribution in [0.3, 0.4) is 0 Å². The fourth-order valence-electron chi connectivity index (χ4n) is 2.48. The Labute approximate surface area is 156 Å². The number of amides is 2. The Kier molecular flexibility index (Phi) is 4.27. The van der Waals surface area contributed by atoms with Crippen LogP contribution in [0.5, 0.6) is 0 Å². The molecule has 27 heavy (non-hydrogen) atoms. The number of aromatic nitrogens is 1. The molecule has 134 valence electrons. The molecule has 2 amide bonds. The number of carbonyl (C=O) groups is 1. The molecule has 0 spiro atoms. The zero-order chi connectivity index (χ0) is 18.8. The Morgan fingerprint density at radius 1 is 1.11 bits per heavy atom. The van der Waals surface area contributed by atoms with Crippen molar-refractivity contribution in [2.45, 2.75) is 0 Å². The van der Waals surface area contributed by atoms with E-state index < -0.39 is 11.0 Å². The van der Waals surface area contributed by atoms with Crippen LogP contribution in [0, 0.1) is 10.1 Å². The van der Waals surface area contributed by atoms with Crippen LogP contribution in [0.2, 0.25) is 0 Å². The number of fused-ring (bicyclic) bond motifs is 1. The first kappa shape index (κ1) is 16.7. The Morgan fingerprint density at radius 2 is 1.89 bits per heavy atom. The van der Waals surface area contributed by atoms with Crippen LogP contribution in [0.25, 0.3) is 22.4 Å². The lowest BCUT2D eigenvalue weighted by Crippen LogP contribution is -2.19. The molecule has 2 aromatic heterocycles. The molecule has 4 aromatic rings. The van der Waals surface area contributed by atoms with Crippen LogP contribution in [0.1, 0.15) is 0 Å². The number of benzene rings is 2. The topological polar surface area (TPSA) is 110 Å². The van der Waals surface area contributed by atoms with Crippen molar-refractivity contribution in [3.05, 3.63) is 70.1 Å². The molecule has 9 heteroatoms. The number of rotatable bonds is 4. The van der Waals surface area contributed by atoms with Gasteiger partial charge in [-0.2, -0.15) is 0 Å². The third kappa shape index (κ3) is 3.62. The van der Waals surface area contributed by atoms with E-state index in [1.165, 1.54) is 35.6 Å². The summed E-state index contributed by atoms with van der Waals surface area (Å²) in [5.74, 6) is 0.622. The summed E-state index contributed by atoms with van der Waals surface area (Å²) in [6, 6.07) is 14.6. The fraction of sp³-hybridized carbons (Fsp3) is 0. The maximum atomic E-state index is 12.1. The Hall–Kier alpha value is -3.72. The van der Waals surface area contributed by atoms with E-state index in [1.807, 2.05) is 30.3 Å². The summed E-state index contributed by atoms with van der Waals surface area (Å²) in [6.45, 7) is 0. The maximum absolute atomic E-state index is 12.1. The van der Waals surface area contributed by atoms with E-state index in [4.69, 9.17) is 4.42 Å². The smallest absolute Gasteiger partial charge is 0.325 e. The number of urea groups is 1. The quantitative estimate of drug-likeness (QED) is 0.378. The SMILES string of the molecule is O=C(Nc1ccc([N+](=O)[O-])cc1)Nc1nc(-c2cc3ccccc3o2)cs1. The Balaban J connectivity index is 1.44. The van der Waals surface area contributed by atoms with Gasteiger partial charge in [0.2, 0.25) is 0 Å². The van der Waals surface area contributed by atoms with Crippen molar-refractivity contribution in [2.24, 2.45) is 0 Å². The standard InChI is InChI=1S/C18H12N4O4S/c23-17(19-12-5-7-13(8-6-12)22(24)25)21-18-20-14(10-27-18)16-9-11-3-1-2-4-15(11)26-16/h1-10H,(H2,19,20,21,23). The third-order valence-corrected chi connectivity index (χ3v) is 4.50. The van der Waals surface area contributed by atoms with Crippen LogP contribution < -0.4 is 10.6 Å². The molecule has 0 fully saturated rings. The number of nitro groups is 1. The largest absolute Gasteiger partial charge is 0.454 e. The first-order valence-corrected chi connectivity index (χ1v) is 8.73. The van der Waals surface area contributed by atoms with Gasteiger partial charge in [0.05, 0.1) is 4.92 Å². The predicted octanol–water partition coefficient (Wildman–Crippen LogP) is 5.11. The number of hydrogen-bond donors (Lipinski definition) is 2. The first-order chi connectivity index (χ1) is 13.1. The number of para-hydroxylation sites is 1. The van der Waals surface area contributed by atoms with Crippen LogP contribution in [0.15, 0.2) is 64.4 Å². The van der Waals surface area contributed by atoms with E-state index in [0.717, 1.165) is 11.0 Å². The third-order valence-electron chi connectivity index (χ3n) is 3.74. The van der Waals surface area contributed by atoms with Crippen LogP contribution >= 0.6 is 11.3 Å². The van der Waals surface area contributed by atoms with Crippen LogP contribution in [-0.2, 0) is 0 Å². The van der Waals surface area contributed by atoms with Crippen LogP contribution in [-0.4, -0.2) is 15.9 Å². The number of nitro benzene ring substituents is 1. The molecule has 0 bridgehead atoms. The molecule has 2 heterocycles. The minimum absolute atomic E-state index is 0.0450. The van der Waals surface area contributed by atoms with Crippen molar-refractivity contribution in [1.29, 1.82) is 0 Å². The maximum Gasteiger partial charge on any atom is 0.325 e. The van der Waals surface area contributed by atoms with Gasteiger partial charge < -0.3 is 9.73 Å². The van der Waals surface area contributed by atoms with Gasteiger partial charge in [-0.25, -0.2) is 9.78 Å². The van der Waals surface area contributed by atoms with Crippen LogP contribution in [0.4, 0.5) is 21.3 Å². The highest BCUT2D eigenvalue weighted by Crippen LogP contribution is 2.30. The Bertz CT molecular complexity index is 1100. The van der Waals surface area contributed by atoms with Gasteiger partial charge in [-0.05, 0) is 24.3 Å². The summed E-state index contributed by atoms with van der Waals surface area (Å²) in [4.78, 5) is 26.6. The summed E-state index contributed by atoms with van der Waals surface area (Å²) in [7, 11) is 0. The fourth-order valence-corrected chi connectivity index (χ4v) is 3.17. The second-order valence-corrected chi connectivity index (χ2v) is 6.43. The number of anilines is 2. The van der Waals surface area contributed by atoms with Crippen molar-refractivity contribution < 1.29 is 14.1 Å². The lowest BCUT2D eigenvalue weighted by atomic mass is 10.2. The first-order valence-electron chi connectivity index (χ1n) is 7.85. The second-order valence-electron chi connectivity index (χ2n) is 5.57. The molecule has 2 N–H and O–H groups in total. The summed E-state index contributed by atoms with van der Waals surface area (Å²) in [6.07, 6.45) is 0. The summed E-state index contributed by atoms with van der Waals surface area (Å²) in [5.41, 5.74) is 1.79. The van der Waals surface area contributed by atoms with Crippen molar-refractivity contribution in [3.8, 4) is 11.5 Å². The van der Waals surface area contributed by atoms with Gasteiger partial charge in [0.1, 0.15) is 11.3 Å². The molecule has 0 aliphatic heterocycles. The highest BCUT2D eigenvalue weighted by atomic mass is 32.1. The number of hydrogen-bond acceptors (Lipinski definition) is 6. The van der Waals surface area contributed by atoms with Crippen molar-refractivity contribution in [3.63, 3.8) is 0 Å². The molecule has 0 saturated heterocycles. The molecular formula is C18H12N4O4S. The van der Waals surface area contributed by atoms with E-state index in [0.29, 0.717) is 22.3 Å². The van der Waals surface area contributed by atoms with Gasteiger partial charge in [0, 0.05) is 28.6 Å². The second kappa shape index (κ2) is 6.89. The van der Waals surface area contributed by atoms with Crippen molar-refractivity contribution in [2.75, 3.05) is 10.6 Å². The van der Waals surface area contributed by atoms with Crippen molar-refractivity contribution in [1.82, 2.24) is 4.98 Å². The zero-order valence-corrected chi connectivity index (χ0v) is 14.5. The lowest BCUT2D eigenvalue weighted by Gasteiger charge is -2.04.